The monoisotopic (exact) mass is 294 g/mol. The first-order chi connectivity index (χ1) is 9.73. The topological polar surface area (TPSA) is 90.7 Å². The molecule has 21 heavy (non-hydrogen) atoms. The van der Waals surface area contributed by atoms with Crippen LogP contribution in [0.25, 0.3) is 0 Å². The summed E-state index contributed by atoms with van der Waals surface area (Å²) in [6.45, 7) is 7.39. The molecule has 1 aromatic carbocycles. The van der Waals surface area contributed by atoms with Gasteiger partial charge in [-0.05, 0) is 45.9 Å². The average molecular weight is 294 g/mol. The van der Waals surface area contributed by atoms with E-state index >= 15 is 0 Å². The highest BCUT2D eigenvalue weighted by Crippen LogP contribution is 2.22. The first kappa shape index (κ1) is 16.8. The molecule has 0 atom stereocenters. The number of rotatable bonds is 5. The molecule has 3 N–H and O–H groups in total. The largest absolute Gasteiger partial charge is 0.483 e. The summed E-state index contributed by atoms with van der Waals surface area (Å²) in [5, 5.41) is 2.77. The molecule has 0 unspecified atom stereocenters. The third-order valence-corrected chi connectivity index (χ3v) is 2.37. The van der Waals surface area contributed by atoms with Crippen LogP contribution in [0.3, 0.4) is 0 Å². The number of carbonyl (C=O) groups is 2. The van der Waals surface area contributed by atoms with E-state index in [1.165, 1.54) is 6.07 Å². The third kappa shape index (κ3) is 5.72. The van der Waals surface area contributed by atoms with Crippen molar-refractivity contribution in [1.82, 2.24) is 5.32 Å². The second-order valence-electron chi connectivity index (χ2n) is 5.56. The van der Waals surface area contributed by atoms with Gasteiger partial charge in [0.05, 0.1) is 6.61 Å². The molecule has 0 bridgehead atoms. The third-order valence-electron chi connectivity index (χ3n) is 2.37. The minimum atomic E-state index is -0.531. The molecule has 1 amide bonds. The molecule has 0 saturated carbocycles. The highest BCUT2D eigenvalue weighted by molar-refractivity contribution is 5.93. The second kappa shape index (κ2) is 6.97. The molecular weight excluding hydrogens is 272 g/mol. The number of esters is 1. The highest BCUT2D eigenvalue weighted by Gasteiger charge is 2.17. The molecule has 0 aliphatic heterocycles. The van der Waals surface area contributed by atoms with E-state index < -0.39 is 5.97 Å². The van der Waals surface area contributed by atoms with Crippen molar-refractivity contribution in [2.24, 2.45) is 0 Å². The molecule has 1 aromatic rings. The molecule has 6 nitrogen and oxygen atoms in total. The number of amides is 1. The van der Waals surface area contributed by atoms with Crippen LogP contribution in [0.5, 0.6) is 5.75 Å². The van der Waals surface area contributed by atoms with Gasteiger partial charge in [0.15, 0.2) is 6.61 Å². The maximum absolute atomic E-state index is 11.8. The lowest BCUT2D eigenvalue weighted by Gasteiger charge is -2.20. The van der Waals surface area contributed by atoms with Gasteiger partial charge in [0.2, 0.25) is 0 Å². The van der Waals surface area contributed by atoms with Crippen molar-refractivity contribution in [3.05, 3.63) is 23.8 Å². The SMILES string of the molecule is CCOC(=O)c1cc(N)ccc1OCC(=O)NC(C)(C)C. The minimum absolute atomic E-state index is 0.187. The summed E-state index contributed by atoms with van der Waals surface area (Å²) < 4.78 is 10.3. The molecule has 0 heterocycles. The second-order valence-corrected chi connectivity index (χ2v) is 5.56. The Morgan fingerprint density at radius 2 is 1.95 bits per heavy atom. The molecule has 0 saturated heterocycles. The Labute approximate surface area is 124 Å². The Balaban J connectivity index is 2.79. The molecule has 6 heteroatoms. The lowest BCUT2D eigenvalue weighted by atomic mass is 10.1. The van der Waals surface area contributed by atoms with Gasteiger partial charge in [0.25, 0.3) is 5.91 Å². The fourth-order valence-electron chi connectivity index (χ4n) is 1.64. The van der Waals surface area contributed by atoms with Crippen molar-refractivity contribution in [2.45, 2.75) is 33.2 Å². The summed E-state index contributed by atoms with van der Waals surface area (Å²) in [5.41, 5.74) is 5.95. The molecule has 0 aromatic heterocycles. The van der Waals surface area contributed by atoms with E-state index in [1.54, 1.807) is 19.1 Å². The van der Waals surface area contributed by atoms with Crippen LogP contribution >= 0.6 is 0 Å². The lowest BCUT2D eigenvalue weighted by molar-refractivity contribution is -0.124. The van der Waals surface area contributed by atoms with Crippen LogP contribution in [0.1, 0.15) is 38.1 Å². The first-order valence-corrected chi connectivity index (χ1v) is 6.73. The van der Waals surface area contributed by atoms with Crippen LogP contribution in [0, 0.1) is 0 Å². The summed E-state index contributed by atoms with van der Waals surface area (Å²) in [5.74, 6) is -0.531. The zero-order valence-electron chi connectivity index (χ0n) is 12.9. The van der Waals surface area contributed by atoms with Crippen molar-refractivity contribution in [3.8, 4) is 5.75 Å². The molecule has 0 aliphatic rings. The summed E-state index contributed by atoms with van der Waals surface area (Å²) in [6, 6.07) is 4.61. The van der Waals surface area contributed by atoms with E-state index in [4.69, 9.17) is 15.2 Å². The maximum Gasteiger partial charge on any atom is 0.341 e. The Bertz CT molecular complexity index is 521. The summed E-state index contributed by atoms with van der Waals surface area (Å²) >= 11 is 0. The van der Waals surface area contributed by atoms with Gasteiger partial charge in [0, 0.05) is 11.2 Å². The fraction of sp³-hybridized carbons (Fsp3) is 0.467. The van der Waals surface area contributed by atoms with E-state index in [1.807, 2.05) is 20.8 Å². The molecule has 116 valence electrons. The average Bonchev–Trinajstić information content (AvgIpc) is 2.35. The van der Waals surface area contributed by atoms with Crippen LogP contribution in [-0.2, 0) is 9.53 Å². The molecule has 0 spiro atoms. The fourth-order valence-corrected chi connectivity index (χ4v) is 1.64. The standard InChI is InChI=1S/C15H22N2O4/c1-5-20-14(19)11-8-10(16)6-7-12(11)21-9-13(18)17-15(2,3)4/h6-8H,5,9,16H2,1-4H3,(H,17,18). The van der Waals surface area contributed by atoms with E-state index in [9.17, 15) is 9.59 Å². The van der Waals surface area contributed by atoms with Crippen LogP contribution in [-0.4, -0.2) is 30.6 Å². The van der Waals surface area contributed by atoms with E-state index in [2.05, 4.69) is 5.32 Å². The number of hydrogen-bond donors (Lipinski definition) is 2. The Hall–Kier alpha value is -2.24. The number of nitrogens with two attached hydrogens (primary N) is 1. The molecule has 0 aliphatic carbocycles. The van der Waals surface area contributed by atoms with Crippen molar-refractivity contribution in [2.75, 3.05) is 18.9 Å². The number of nitrogens with one attached hydrogen (secondary N) is 1. The van der Waals surface area contributed by atoms with Crippen LogP contribution in [0.15, 0.2) is 18.2 Å². The molecular formula is C15H22N2O4. The number of benzene rings is 1. The Morgan fingerprint density at radius 3 is 2.52 bits per heavy atom. The Kier molecular flexibility index (Phi) is 5.58. The smallest absolute Gasteiger partial charge is 0.341 e. The first-order valence-electron chi connectivity index (χ1n) is 6.73. The van der Waals surface area contributed by atoms with E-state index in [-0.39, 0.29) is 36.0 Å². The van der Waals surface area contributed by atoms with Crippen molar-refractivity contribution >= 4 is 17.6 Å². The van der Waals surface area contributed by atoms with Crippen molar-refractivity contribution in [3.63, 3.8) is 0 Å². The number of nitrogen functional groups attached to an aromatic ring is 1. The quantitative estimate of drug-likeness (QED) is 0.637. The zero-order valence-corrected chi connectivity index (χ0v) is 12.9. The van der Waals surface area contributed by atoms with Gasteiger partial charge in [-0.15, -0.1) is 0 Å². The molecule has 0 fully saturated rings. The normalized spacial score (nSPS) is 10.9. The van der Waals surface area contributed by atoms with Gasteiger partial charge in [-0.2, -0.15) is 0 Å². The van der Waals surface area contributed by atoms with Gasteiger partial charge < -0.3 is 20.5 Å². The minimum Gasteiger partial charge on any atom is -0.483 e. The number of carbonyl (C=O) groups excluding carboxylic acids is 2. The van der Waals surface area contributed by atoms with Gasteiger partial charge in [-0.1, -0.05) is 0 Å². The van der Waals surface area contributed by atoms with E-state index in [0.29, 0.717) is 5.69 Å². The summed E-state index contributed by atoms with van der Waals surface area (Å²) in [7, 11) is 0. The highest BCUT2D eigenvalue weighted by atomic mass is 16.5. The van der Waals surface area contributed by atoms with Crippen LogP contribution in [0.4, 0.5) is 5.69 Å². The number of ether oxygens (including phenoxy) is 2. The molecule has 1 rings (SSSR count). The van der Waals surface area contributed by atoms with Gasteiger partial charge in [-0.3, -0.25) is 4.79 Å². The zero-order chi connectivity index (χ0) is 16.0. The summed E-state index contributed by atoms with van der Waals surface area (Å²) in [6.07, 6.45) is 0. The van der Waals surface area contributed by atoms with Gasteiger partial charge in [0.1, 0.15) is 11.3 Å². The lowest BCUT2D eigenvalue weighted by Crippen LogP contribution is -2.43. The van der Waals surface area contributed by atoms with Crippen LogP contribution < -0.4 is 15.8 Å². The number of anilines is 1. The van der Waals surface area contributed by atoms with Gasteiger partial charge >= 0.3 is 5.97 Å². The summed E-state index contributed by atoms with van der Waals surface area (Å²) in [4.78, 5) is 23.6. The number of hydrogen-bond acceptors (Lipinski definition) is 5. The van der Waals surface area contributed by atoms with Crippen LogP contribution in [0.2, 0.25) is 0 Å². The maximum atomic E-state index is 11.8. The van der Waals surface area contributed by atoms with Crippen molar-refractivity contribution in [1.29, 1.82) is 0 Å². The predicted molar refractivity (Wildman–Crippen MR) is 80.2 cm³/mol. The Morgan fingerprint density at radius 1 is 1.29 bits per heavy atom. The molecule has 0 radical (unpaired) electrons. The van der Waals surface area contributed by atoms with E-state index in [0.717, 1.165) is 0 Å². The van der Waals surface area contributed by atoms with Crippen molar-refractivity contribution < 1.29 is 19.1 Å². The van der Waals surface area contributed by atoms with Gasteiger partial charge in [-0.25, -0.2) is 4.79 Å². The predicted octanol–water partition coefficient (Wildman–Crippen LogP) is 1.74.